The molecule has 0 aliphatic heterocycles. The molecule has 2 aromatic rings. The highest BCUT2D eigenvalue weighted by molar-refractivity contribution is 6.30. The van der Waals surface area contributed by atoms with Gasteiger partial charge < -0.3 is 15.5 Å². The quantitative estimate of drug-likeness (QED) is 0.811. The first-order valence-electron chi connectivity index (χ1n) is 6.10. The lowest BCUT2D eigenvalue weighted by Gasteiger charge is -2.08. The van der Waals surface area contributed by atoms with Crippen molar-refractivity contribution in [2.75, 3.05) is 11.9 Å². The number of carbonyl (C=O) groups is 1. The third-order valence-electron chi connectivity index (χ3n) is 2.82. The number of phenolic OH excluding ortho intramolecular Hbond substituents is 1. The van der Waals surface area contributed by atoms with Gasteiger partial charge in [0.05, 0.1) is 5.56 Å². The molecule has 0 heterocycles. The van der Waals surface area contributed by atoms with Gasteiger partial charge in [-0.2, -0.15) is 0 Å². The number of anilines is 1. The Labute approximate surface area is 121 Å². The highest BCUT2D eigenvalue weighted by Gasteiger charge is 2.11. The first kappa shape index (κ1) is 14.4. The molecule has 3 N–H and O–H groups in total. The lowest BCUT2D eigenvalue weighted by atomic mass is 10.1. The van der Waals surface area contributed by atoms with Crippen LogP contribution in [0.25, 0.3) is 0 Å². The summed E-state index contributed by atoms with van der Waals surface area (Å²) >= 11 is 5.72. The number of aliphatic hydroxyl groups excluding tert-OH is 1. The zero-order chi connectivity index (χ0) is 14.5. The van der Waals surface area contributed by atoms with Gasteiger partial charge in [-0.25, -0.2) is 0 Å². The maximum atomic E-state index is 12.0. The summed E-state index contributed by atoms with van der Waals surface area (Å²) in [7, 11) is 0. The van der Waals surface area contributed by atoms with E-state index in [1.165, 1.54) is 12.1 Å². The number of benzene rings is 2. The summed E-state index contributed by atoms with van der Waals surface area (Å²) in [4.78, 5) is 12.0. The van der Waals surface area contributed by atoms with Gasteiger partial charge in [0, 0.05) is 17.3 Å². The molecule has 0 saturated carbocycles. The van der Waals surface area contributed by atoms with Crippen molar-refractivity contribution in [1.29, 1.82) is 0 Å². The van der Waals surface area contributed by atoms with Crippen LogP contribution in [0.1, 0.15) is 15.9 Å². The highest BCUT2D eigenvalue weighted by atomic mass is 35.5. The largest absolute Gasteiger partial charge is 0.507 e. The molecular weight excluding hydrogens is 278 g/mol. The Morgan fingerprint density at radius 1 is 1.15 bits per heavy atom. The van der Waals surface area contributed by atoms with Crippen molar-refractivity contribution in [3.05, 3.63) is 58.6 Å². The number of hydrogen-bond donors (Lipinski definition) is 3. The summed E-state index contributed by atoms with van der Waals surface area (Å²) in [6.45, 7) is 0.0877. The summed E-state index contributed by atoms with van der Waals surface area (Å²) in [5.41, 5.74) is 1.76. The van der Waals surface area contributed by atoms with Crippen LogP contribution in [0, 0.1) is 0 Å². The fourth-order valence-corrected chi connectivity index (χ4v) is 1.95. The number of halogens is 1. The van der Waals surface area contributed by atoms with E-state index in [1.807, 2.05) is 12.1 Å². The standard InChI is InChI=1S/C15H14ClNO3/c16-11-3-6-13(14(19)9-11)15(20)17-12-4-1-10(2-5-12)7-8-18/h1-6,9,18-19H,7-8H2,(H,17,20). The van der Waals surface area contributed by atoms with Crippen LogP contribution in [0.4, 0.5) is 5.69 Å². The number of phenols is 1. The van der Waals surface area contributed by atoms with Crippen LogP contribution in [0.15, 0.2) is 42.5 Å². The van der Waals surface area contributed by atoms with Gasteiger partial charge >= 0.3 is 0 Å². The van der Waals surface area contributed by atoms with Crippen molar-refractivity contribution in [2.45, 2.75) is 6.42 Å². The Morgan fingerprint density at radius 2 is 1.85 bits per heavy atom. The van der Waals surface area contributed by atoms with Crippen molar-refractivity contribution in [2.24, 2.45) is 0 Å². The van der Waals surface area contributed by atoms with Crippen molar-refractivity contribution >= 4 is 23.2 Å². The normalized spacial score (nSPS) is 10.3. The van der Waals surface area contributed by atoms with E-state index in [1.54, 1.807) is 18.2 Å². The molecule has 0 spiro atoms. The molecule has 2 aromatic carbocycles. The van der Waals surface area contributed by atoms with Crippen LogP contribution in [0.3, 0.4) is 0 Å². The van der Waals surface area contributed by atoms with E-state index in [2.05, 4.69) is 5.32 Å². The molecule has 4 nitrogen and oxygen atoms in total. The fourth-order valence-electron chi connectivity index (χ4n) is 1.78. The first-order valence-corrected chi connectivity index (χ1v) is 6.47. The van der Waals surface area contributed by atoms with E-state index in [0.29, 0.717) is 17.1 Å². The number of amides is 1. The zero-order valence-corrected chi connectivity index (χ0v) is 11.4. The molecule has 0 aliphatic carbocycles. The Hall–Kier alpha value is -2.04. The molecule has 0 radical (unpaired) electrons. The van der Waals surface area contributed by atoms with Crippen LogP contribution >= 0.6 is 11.6 Å². The van der Waals surface area contributed by atoms with Crippen molar-refractivity contribution in [3.8, 4) is 5.75 Å². The molecule has 0 bridgehead atoms. The average molecular weight is 292 g/mol. The Kier molecular flexibility index (Phi) is 4.61. The zero-order valence-electron chi connectivity index (χ0n) is 10.6. The lowest BCUT2D eigenvalue weighted by Crippen LogP contribution is -2.12. The summed E-state index contributed by atoms with van der Waals surface area (Å²) < 4.78 is 0. The SMILES string of the molecule is O=C(Nc1ccc(CCO)cc1)c1ccc(Cl)cc1O. The van der Waals surface area contributed by atoms with Crippen LogP contribution in [-0.4, -0.2) is 22.7 Å². The van der Waals surface area contributed by atoms with E-state index in [-0.39, 0.29) is 17.9 Å². The number of aromatic hydroxyl groups is 1. The molecule has 0 aromatic heterocycles. The monoisotopic (exact) mass is 291 g/mol. The van der Waals surface area contributed by atoms with E-state index in [4.69, 9.17) is 16.7 Å². The van der Waals surface area contributed by atoms with Gasteiger partial charge in [-0.1, -0.05) is 23.7 Å². The molecule has 0 fully saturated rings. The molecule has 5 heteroatoms. The van der Waals surface area contributed by atoms with Crippen LogP contribution in [-0.2, 0) is 6.42 Å². The van der Waals surface area contributed by atoms with E-state index < -0.39 is 5.91 Å². The first-order chi connectivity index (χ1) is 9.60. The van der Waals surface area contributed by atoms with Crippen molar-refractivity contribution in [3.63, 3.8) is 0 Å². The van der Waals surface area contributed by atoms with Gasteiger partial charge in [0.15, 0.2) is 0 Å². The number of aliphatic hydroxyl groups is 1. The van der Waals surface area contributed by atoms with Crippen LogP contribution in [0.5, 0.6) is 5.75 Å². The summed E-state index contributed by atoms with van der Waals surface area (Å²) in [6, 6.07) is 11.5. The lowest BCUT2D eigenvalue weighted by molar-refractivity contribution is 0.102. The van der Waals surface area contributed by atoms with Gasteiger partial charge in [0.2, 0.25) is 0 Å². The second kappa shape index (κ2) is 6.41. The van der Waals surface area contributed by atoms with Gasteiger partial charge in [0.25, 0.3) is 5.91 Å². The minimum Gasteiger partial charge on any atom is -0.507 e. The molecule has 0 saturated heterocycles. The number of nitrogens with one attached hydrogen (secondary N) is 1. The molecule has 0 aliphatic rings. The van der Waals surface area contributed by atoms with Crippen LogP contribution < -0.4 is 5.32 Å². The highest BCUT2D eigenvalue weighted by Crippen LogP contribution is 2.23. The van der Waals surface area contributed by atoms with Crippen LogP contribution in [0.2, 0.25) is 5.02 Å². The number of carbonyl (C=O) groups excluding carboxylic acids is 1. The molecule has 2 rings (SSSR count). The van der Waals surface area contributed by atoms with E-state index in [0.717, 1.165) is 5.56 Å². The molecule has 0 unspecified atom stereocenters. The second-order valence-corrected chi connectivity index (χ2v) is 4.72. The van der Waals surface area contributed by atoms with Gasteiger partial charge in [0.1, 0.15) is 5.75 Å². The second-order valence-electron chi connectivity index (χ2n) is 4.29. The molecule has 0 atom stereocenters. The number of rotatable bonds is 4. The van der Waals surface area contributed by atoms with Gasteiger partial charge in [-0.05, 0) is 42.3 Å². The predicted octanol–water partition coefficient (Wildman–Crippen LogP) is 2.83. The average Bonchev–Trinajstić information content (AvgIpc) is 2.41. The molecule has 20 heavy (non-hydrogen) atoms. The summed E-state index contributed by atoms with van der Waals surface area (Å²) in [5, 5.41) is 21.6. The van der Waals surface area contributed by atoms with Crippen molar-refractivity contribution < 1.29 is 15.0 Å². The van der Waals surface area contributed by atoms with E-state index >= 15 is 0 Å². The Bertz CT molecular complexity index is 611. The minimum atomic E-state index is -0.408. The topological polar surface area (TPSA) is 69.6 Å². The summed E-state index contributed by atoms with van der Waals surface area (Å²) in [6.07, 6.45) is 0.576. The molecular formula is C15H14ClNO3. The predicted molar refractivity (Wildman–Crippen MR) is 78.3 cm³/mol. The maximum absolute atomic E-state index is 12.0. The van der Waals surface area contributed by atoms with Gasteiger partial charge in [-0.3, -0.25) is 4.79 Å². The van der Waals surface area contributed by atoms with E-state index in [9.17, 15) is 9.90 Å². The smallest absolute Gasteiger partial charge is 0.259 e. The molecule has 104 valence electrons. The maximum Gasteiger partial charge on any atom is 0.259 e. The minimum absolute atomic E-state index is 0.0877. The van der Waals surface area contributed by atoms with Crippen molar-refractivity contribution in [1.82, 2.24) is 0 Å². The summed E-state index contributed by atoms with van der Waals surface area (Å²) in [5.74, 6) is -0.569. The van der Waals surface area contributed by atoms with Gasteiger partial charge in [-0.15, -0.1) is 0 Å². The number of hydrogen-bond acceptors (Lipinski definition) is 3. The third kappa shape index (κ3) is 3.50. The Morgan fingerprint density at radius 3 is 2.45 bits per heavy atom. The molecule has 1 amide bonds. The fraction of sp³-hybridized carbons (Fsp3) is 0.133. The third-order valence-corrected chi connectivity index (χ3v) is 3.05. The Balaban J connectivity index is 2.11.